The quantitative estimate of drug-likeness (QED) is 0.828. The molecule has 0 N–H and O–H groups in total. The minimum atomic E-state index is -1.02. The number of hydrogen-bond donors (Lipinski definition) is 0. The molecular formula is C12H12Cl2N2. The third-order valence-electron chi connectivity index (χ3n) is 2.47. The predicted octanol–water partition coefficient (Wildman–Crippen LogP) is 3.29. The normalized spacial score (nSPS) is 15.6. The Kier molecular flexibility index (Phi) is 4.37. The summed E-state index contributed by atoms with van der Waals surface area (Å²) < 4.78 is 0. The zero-order valence-electron chi connectivity index (χ0n) is 9.11. The molecule has 0 spiro atoms. The first-order chi connectivity index (χ1) is 7.59. The average molecular weight is 255 g/mol. The molecule has 2 nitrogen and oxygen atoms in total. The second-order valence-electron chi connectivity index (χ2n) is 3.54. The van der Waals surface area contributed by atoms with Crippen molar-refractivity contribution in [2.24, 2.45) is 0 Å². The second kappa shape index (κ2) is 5.36. The Balaban J connectivity index is 3.43. The molecule has 0 radical (unpaired) electrons. The maximum absolute atomic E-state index is 9.43. The van der Waals surface area contributed by atoms with Crippen LogP contribution in [-0.2, 0) is 5.54 Å². The Hall–Kier alpha value is -1.01. The third kappa shape index (κ3) is 2.08. The Bertz CT molecular complexity index is 420. The molecule has 0 aliphatic rings. The molecule has 1 aromatic rings. The first-order valence-electron chi connectivity index (χ1n) is 4.70. The van der Waals surface area contributed by atoms with E-state index in [0.717, 1.165) is 5.56 Å². The SMILES string of the molecule is CN(C)[C@@](C#N)(/C(Cl)=C\Cl)c1ccccc1. The van der Waals surface area contributed by atoms with Crippen LogP contribution in [0.15, 0.2) is 40.9 Å². The smallest absolute Gasteiger partial charge is 0.171 e. The Morgan fingerprint density at radius 1 is 1.38 bits per heavy atom. The summed E-state index contributed by atoms with van der Waals surface area (Å²) >= 11 is 11.7. The summed E-state index contributed by atoms with van der Waals surface area (Å²) in [5, 5.41) is 9.71. The van der Waals surface area contributed by atoms with E-state index >= 15 is 0 Å². The van der Waals surface area contributed by atoms with E-state index in [1.165, 1.54) is 5.54 Å². The molecule has 0 unspecified atom stereocenters. The monoisotopic (exact) mass is 254 g/mol. The maximum Gasteiger partial charge on any atom is 0.171 e. The van der Waals surface area contributed by atoms with Crippen LogP contribution < -0.4 is 0 Å². The van der Waals surface area contributed by atoms with Gasteiger partial charge in [-0.15, -0.1) is 0 Å². The number of halogens is 2. The number of rotatable bonds is 3. The Labute approximate surface area is 106 Å². The van der Waals surface area contributed by atoms with Crippen LogP contribution in [0.25, 0.3) is 0 Å². The molecule has 0 aliphatic heterocycles. The minimum absolute atomic E-state index is 0.285. The fourth-order valence-electron chi connectivity index (χ4n) is 1.59. The van der Waals surface area contributed by atoms with Gasteiger partial charge in [-0.1, -0.05) is 53.5 Å². The van der Waals surface area contributed by atoms with Gasteiger partial charge in [0.1, 0.15) is 0 Å². The predicted molar refractivity (Wildman–Crippen MR) is 67.2 cm³/mol. The van der Waals surface area contributed by atoms with Crippen molar-refractivity contribution in [3.8, 4) is 6.07 Å². The van der Waals surface area contributed by atoms with E-state index in [-0.39, 0.29) is 5.03 Å². The van der Waals surface area contributed by atoms with Crippen LogP contribution in [0, 0.1) is 11.3 Å². The van der Waals surface area contributed by atoms with E-state index in [0.29, 0.717) is 0 Å². The van der Waals surface area contributed by atoms with Crippen molar-refractivity contribution in [2.45, 2.75) is 5.54 Å². The molecule has 0 aliphatic carbocycles. The molecular weight excluding hydrogens is 243 g/mol. The summed E-state index contributed by atoms with van der Waals surface area (Å²) in [6.07, 6.45) is 0. The number of nitriles is 1. The lowest BCUT2D eigenvalue weighted by Crippen LogP contribution is -2.40. The van der Waals surface area contributed by atoms with Gasteiger partial charge in [-0.2, -0.15) is 5.26 Å². The topological polar surface area (TPSA) is 27.0 Å². The van der Waals surface area contributed by atoms with Gasteiger partial charge >= 0.3 is 0 Å². The van der Waals surface area contributed by atoms with Crippen molar-refractivity contribution in [2.75, 3.05) is 14.1 Å². The highest BCUT2D eigenvalue weighted by Gasteiger charge is 2.38. The minimum Gasteiger partial charge on any atom is -0.283 e. The zero-order chi connectivity index (χ0) is 12.2. The van der Waals surface area contributed by atoms with Crippen molar-refractivity contribution in [1.29, 1.82) is 5.26 Å². The summed E-state index contributed by atoms with van der Waals surface area (Å²) in [7, 11) is 3.58. The van der Waals surface area contributed by atoms with Crippen LogP contribution >= 0.6 is 23.2 Å². The standard InChI is InChI=1S/C12H12Cl2N2/c1-16(2)12(9-15,11(14)8-13)10-6-4-3-5-7-10/h3-8H,1-2H3/b11-8+/t12-/m1/s1. The maximum atomic E-state index is 9.43. The number of nitrogens with zero attached hydrogens (tertiary/aromatic N) is 2. The van der Waals surface area contributed by atoms with E-state index in [9.17, 15) is 5.26 Å². The number of likely N-dealkylation sites (N-methyl/N-ethyl adjacent to an activating group) is 1. The summed E-state index contributed by atoms with van der Waals surface area (Å²) in [5.74, 6) is 0. The molecule has 0 bridgehead atoms. The zero-order valence-corrected chi connectivity index (χ0v) is 10.6. The van der Waals surface area contributed by atoms with Crippen molar-refractivity contribution >= 4 is 23.2 Å². The highest BCUT2D eigenvalue weighted by molar-refractivity contribution is 6.37. The highest BCUT2D eigenvalue weighted by Crippen LogP contribution is 2.36. The molecule has 0 heterocycles. The van der Waals surface area contributed by atoms with E-state index < -0.39 is 5.54 Å². The first-order valence-corrected chi connectivity index (χ1v) is 5.51. The van der Waals surface area contributed by atoms with Gasteiger partial charge in [0.2, 0.25) is 0 Å². The molecule has 1 rings (SSSR count). The van der Waals surface area contributed by atoms with Crippen LogP contribution in [0.4, 0.5) is 0 Å². The first kappa shape index (κ1) is 13.1. The lowest BCUT2D eigenvalue weighted by molar-refractivity contribution is 0.270. The van der Waals surface area contributed by atoms with Crippen molar-refractivity contribution in [1.82, 2.24) is 4.90 Å². The fourth-order valence-corrected chi connectivity index (χ4v) is 2.06. The van der Waals surface area contributed by atoms with Gasteiger partial charge in [-0.25, -0.2) is 0 Å². The number of hydrogen-bond acceptors (Lipinski definition) is 2. The molecule has 0 saturated heterocycles. The van der Waals surface area contributed by atoms with Crippen LogP contribution in [0.1, 0.15) is 5.56 Å². The Morgan fingerprint density at radius 3 is 2.31 bits per heavy atom. The molecule has 0 aromatic heterocycles. The van der Waals surface area contributed by atoms with Crippen molar-refractivity contribution < 1.29 is 0 Å². The van der Waals surface area contributed by atoms with Gasteiger partial charge in [0.25, 0.3) is 0 Å². The van der Waals surface area contributed by atoms with Gasteiger partial charge in [0.15, 0.2) is 5.54 Å². The molecule has 84 valence electrons. The van der Waals surface area contributed by atoms with Gasteiger partial charge in [-0.05, 0) is 19.7 Å². The lowest BCUT2D eigenvalue weighted by atomic mass is 9.90. The molecule has 16 heavy (non-hydrogen) atoms. The molecule has 0 saturated carbocycles. The fraction of sp³-hybridized carbons (Fsp3) is 0.250. The van der Waals surface area contributed by atoms with Crippen LogP contribution in [0.5, 0.6) is 0 Å². The van der Waals surface area contributed by atoms with Crippen LogP contribution in [-0.4, -0.2) is 19.0 Å². The summed E-state index contributed by atoms with van der Waals surface area (Å²) in [4.78, 5) is 1.74. The molecule has 0 amide bonds. The Morgan fingerprint density at radius 2 is 1.94 bits per heavy atom. The van der Waals surface area contributed by atoms with Crippen molar-refractivity contribution in [3.05, 3.63) is 46.5 Å². The van der Waals surface area contributed by atoms with Gasteiger partial charge in [0.05, 0.1) is 11.1 Å². The van der Waals surface area contributed by atoms with Gasteiger partial charge in [-0.3, -0.25) is 4.90 Å². The molecule has 4 heteroatoms. The van der Waals surface area contributed by atoms with E-state index in [4.69, 9.17) is 23.2 Å². The summed E-state index contributed by atoms with van der Waals surface area (Å²) in [6.45, 7) is 0. The summed E-state index contributed by atoms with van der Waals surface area (Å²) in [5.41, 5.74) is 1.01. The summed E-state index contributed by atoms with van der Waals surface area (Å²) in [6, 6.07) is 11.5. The second-order valence-corrected chi connectivity index (χ2v) is 4.17. The van der Waals surface area contributed by atoms with Gasteiger partial charge in [0, 0.05) is 5.54 Å². The van der Waals surface area contributed by atoms with E-state index in [2.05, 4.69) is 6.07 Å². The van der Waals surface area contributed by atoms with E-state index in [1.807, 2.05) is 30.3 Å². The van der Waals surface area contributed by atoms with E-state index in [1.54, 1.807) is 19.0 Å². The number of benzene rings is 1. The van der Waals surface area contributed by atoms with Gasteiger partial charge < -0.3 is 0 Å². The highest BCUT2D eigenvalue weighted by atomic mass is 35.5. The largest absolute Gasteiger partial charge is 0.283 e. The molecule has 1 aromatic carbocycles. The molecule has 0 fully saturated rings. The lowest BCUT2D eigenvalue weighted by Gasteiger charge is -2.33. The van der Waals surface area contributed by atoms with Crippen LogP contribution in [0.2, 0.25) is 0 Å². The average Bonchev–Trinajstić information content (AvgIpc) is 2.31. The molecule has 1 atom stereocenters. The van der Waals surface area contributed by atoms with Crippen LogP contribution in [0.3, 0.4) is 0 Å². The third-order valence-corrected chi connectivity index (χ3v) is 3.18. The van der Waals surface area contributed by atoms with Crippen molar-refractivity contribution in [3.63, 3.8) is 0 Å².